The van der Waals surface area contributed by atoms with Crippen molar-refractivity contribution in [3.05, 3.63) is 90.0 Å². The highest BCUT2D eigenvalue weighted by Gasteiger charge is 2.43. The summed E-state index contributed by atoms with van der Waals surface area (Å²) < 4.78 is 6.39. The molecule has 164 valence electrons. The van der Waals surface area contributed by atoms with Crippen molar-refractivity contribution in [3.63, 3.8) is 0 Å². The van der Waals surface area contributed by atoms with E-state index < -0.39 is 5.60 Å². The van der Waals surface area contributed by atoms with Crippen molar-refractivity contribution >= 4 is 16.7 Å². The molecule has 4 aromatic rings. The van der Waals surface area contributed by atoms with Gasteiger partial charge in [0.25, 0.3) is 5.91 Å². The molecular formula is C27H24N4O2. The summed E-state index contributed by atoms with van der Waals surface area (Å²) in [5, 5.41) is 1.92. The highest BCUT2D eigenvalue weighted by Crippen LogP contribution is 2.41. The van der Waals surface area contributed by atoms with Crippen molar-refractivity contribution in [2.24, 2.45) is 0 Å². The van der Waals surface area contributed by atoms with Crippen LogP contribution in [0.3, 0.4) is 0 Å². The van der Waals surface area contributed by atoms with Crippen LogP contribution in [0.25, 0.3) is 22.2 Å². The number of nitrogens with zero attached hydrogens (tertiary/aromatic N) is 4. The summed E-state index contributed by atoms with van der Waals surface area (Å²) in [6.07, 6.45) is 7.74. The molecule has 2 aliphatic rings. The van der Waals surface area contributed by atoms with Crippen LogP contribution in [0.5, 0.6) is 0 Å². The van der Waals surface area contributed by atoms with Crippen molar-refractivity contribution in [2.45, 2.75) is 24.9 Å². The lowest BCUT2D eigenvalue weighted by Crippen LogP contribution is -2.49. The normalized spacial score (nSPS) is 17.2. The summed E-state index contributed by atoms with van der Waals surface area (Å²) in [5.41, 5.74) is 3.38. The van der Waals surface area contributed by atoms with Crippen molar-refractivity contribution in [1.29, 1.82) is 0 Å². The van der Waals surface area contributed by atoms with Crippen molar-refractivity contribution in [3.8, 4) is 11.4 Å². The minimum atomic E-state index is -0.461. The summed E-state index contributed by atoms with van der Waals surface area (Å²) in [6.45, 7) is 1.91. The van der Waals surface area contributed by atoms with Crippen LogP contribution in [0, 0.1) is 0 Å². The molecule has 0 radical (unpaired) electrons. The first-order valence-corrected chi connectivity index (χ1v) is 11.4. The fraction of sp³-hybridized carbons (Fsp3) is 0.259. The Kier molecular flexibility index (Phi) is 4.88. The maximum absolute atomic E-state index is 13.4. The maximum atomic E-state index is 13.4. The fourth-order valence-electron chi connectivity index (χ4n) is 5.06. The predicted molar refractivity (Wildman–Crippen MR) is 126 cm³/mol. The molecule has 6 rings (SSSR count). The van der Waals surface area contributed by atoms with Crippen molar-refractivity contribution < 1.29 is 9.53 Å². The van der Waals surface area contributed by atoms with Crippen LogP contribution >= 0.6 is 0 Å². The van der Waals surface area contributed by atoms with E-state index in [-0.39, 0.29) is 5.91 Å². The summed E-state index contributed by atoms with van der Waals surface area (Å²) in [6, 6.07) is 17.8. The second-order valence-corrected chi connectivity index (χ2v) is 8.72. The molecule has 2 aliphatic heterocycles. The van der Waals surface area contributed by atoms with Gasteiger partial charge in [0.1, 0.15) is 5.60 Å². The minimum absolute atomic E-state index is 0.0483. The molecule has 0 aliphatic carbocycles. The first-order valence-electron chi connectivity index (χ1n) is 11.4. The highest BCUT2D eigenvalue weighted by molar-refractivity contribution is 6.06. The number of hydrogen-bond acceptors (Lipinski definition) is 5. The van der Waals surface area contributed by atoms with E-state index in [4.69, 9.17) is 9.72 Å². The van der Waals surface area contributed by atoms with E-state index in [2.05, 4.69) is 9.97 Å². The summed E-state index contributed by atoms with van der Waals surface area (Å²) >= 11 is 0. The Bertz CT molecular complexity index is 1330. The molecule has 1 amide bonds. The smallest absolute Gasteiger partial charge is 0.254 e. The molecule has 2 aromatic carbocycles. The molecule has 0 bridgehead atoms. The monoisotopic (exact) mass is 436 g/mol. The third-order valence-corrected chi connectivity index (χ3v) is 6.85. The van der Waals surface area contributed by atoms with Gasteiger partial charge in [-0.15, -0.1) is 0 Å². The van der Waals surface area contributed by atoms with Crippen LogP contribution in [-0.2, 0) is 16.8 Å². The topological polar surface area (TPSA) is 68.2 Å². The summed E-state index contributed by atoms with van der Waals surface area (Å²) in [4.78, 5) is 29.2. The Morgan fingerprint density at radius 1 is 0.970 bits per heavy atom. The third kappa shape index (κ3) is 3.47. The van der Waals surface area contributed by atoms with Crippen LogP contribution in [0.4, 0.5) is 0 Å². The number of hydrogen-bond donors (Lipinski definition) is 0. The van der Waals surface area contributed by atoms with Gasteiger partial charge in [0.15, 0.2) is 5.82 Å². The number of aromatic nitrogens is 3. The average Bonchev–Trinajstić information content (AvgIpc) is 2.89. The SMILES string of the molecule is O=C(c1cccc2ccncc12)N1CCC2(CC1)OCCc1cnc(-c3ccccc3)nc12. The van der Waals surface area contributed by atoms with Gasteiger partial charge in [-0.1, -0.05) is 42.5 Å². The number of benzene rings is 2. The van der Waals surface area contributed by atoms with Gasteiger partial charge in [-0.05, 0) is 42.3 Å². The lowest BCUT2D eigenvalue weighted by atomic mass is 9.83. The molecule has 6 nitrogen and oxygen atoms in total. The molecule has 33 heavy (non-hydrogen) atoms. The zero-order valence-corrected chi connectivity index (χ0v) is 18.3. The molecule has 1 spiro atoms. The molecule has 1 fully saturated rings. The van der Waals surface area contributed by atoms with Gasteiger partial charge in [0.2, 0.25) is 0 Å². The molecule has 0 atom stereocenters. The van der Waals surface area contributed by atoms with Crippen LogP contribution < -0.4 is 0 Å². The lowest BCUT2D eigenvalue weighted by Gasteiger charge is -2.44. The number of piperidine rings is 1. The maximum Gasteiger partial charge on any atom is 0.254 e. The van der Waals surface area contributed by atoms with E-state index in [0.717, 1.165) is 52.7 Å². The zero-order chi connectivity index (χ0) is 22.3. The van der Waals surface area contributed by atoms with E-state index in [1.807, 2.05) is 65.7 Å². The second-order valence-electron chi connectivity index (χ2n) is 8.72. The Labute approximate surface area is 192 Å². The molecule has 0 saturated carbocycles. The van der Waals surface area contributed by atoms with Crippen LogP contribution in [-0.4, -0.2) is 45.5 Å². The van der Waals surface area contributed by atoms with Gasteiger partial charge in [-0.2, -0.15) is 0 Å². The van der Waals surface area contributed by atoms with Crippen LogP contribution in [0.15, 0.2) is 73.2 Å². The first-order chi connectivity index (χ1) is 16.2. The predicted octanol–water partition coefficient (Wildman–Crippen LogP) is 4.40. The average molecular weight is 437 g/mol. The largest absolute Gasteiger partial charge is 0.368 e. The number of likely N-dealkylation sites (tertiary alicyclic amines) is 1. The molecule has 0 unspecified atom stereocenters. The van der Waals surface area contributed by atoms with Crippen molar-refractivity contribution in [1.82, 2.24) is 19.9 Å². The summed E-state index contributed by atoms with van der Waals surface area (Å²) in [5.74, 6) is 0.771. The Hall–Kier alpha value is -3.64. The van der Waals surface area contributed by atoms with E-state index in [1.54, 1.807) is 12.4 Å². The molecule has 1 saturated heterocycles. The van der Waals surface area contributed by atoms with Gasteiger partial charge < -0.3 is 9.64 Å². The van der Waals surface area contributed by atoms with E-state index in [0.29, 0.717) is 25.3 Å². The van der Waals surface area contributed by atoms with E-state index in [9.17, 15) is 4.79 Å². The van der Waals surface area contributed by atoms with Crippen molar-refractivity contribution in [2.75, 3.05) is 19.7 Å². The second kappa shape index (κ2) is 8.05. The minimum Gasteiger partial charge on any atom is -0.368 e. The highest BCUT2D eigenvalue weighted by atomic mass is 16.5. The quantitative estimate of drug-likeness (QED) is 0.466. The molecule has 2 aromatic heterocycles. The van der Waals surface area contributed by atoms with E-state index in [1.165, 1.54) is 0 Å². The van der Waals surface area contributed by atoms with Gasteiger partial charge in [0, 0.05) is 48.2 Å². The number of fused-ring (bicyclic) bond motifs is 3. The number of amides is 1. The number of pyridine rings is 1. The Morgan fingerprint density at radius 2 is 1.82 bits per heavy atom. The Morgan fingerprint density at radius 3 is 2.67 bits per heavy atom. The molecule has 4 heterocycles. The van der Waals surface area contributed by atoms with Gasteiger partial charge >= 0.3 is 0 Å². The fourth-order valence-corrected chi connectivity index (χ4v) is 5.06. The van der Waals surface area contributed by atoms with E-state index >= 15 is 0 Å². The van der Waals surface area contributed by atoms with Gasteiger partial charge in [-0.3, -0.25) is 9.78 Å². The van der Waals surface area contributed by atoms with Crippen LogP contribution in [0.1, 0.15) is 34.5 Å². The molecular weight excluding hydrogens is 412 g/mol. The standard InChI is InChI=1S/C27H24N4O2/c32-26(22-8-4-7-19-9-13-28-18-23(19)22)31-14-11-27(12-15-31)24-21(10-16-33-27)17-29-25(30-24)20-5-2-1-3-6-20/h1-9,13,17-18H,10-12,14-16H2. The molecule has 0 N–H and O–H groups in total. The number of ether oxygens (including phenoxy) is 1. The van der Waals surface area contributed by atoms with Gasteiger partial charge in [-0.25, -0.2) is 9.97 Å². The number of rotatable bonds is 2. The number of carbonyl (C=O) groups excluding carboxylic acids is 1. The zero-order valence-electron chi connectivity index (χ0n) is 18.3. The lowest BCUT2D eigenvalue weighted by molar-refractivity contribution is -0.0966. The summed E-state index contributed by atoms with van der Waals surface area (Å²) in [7, 11) is 0. The Balaban J connectivity index is 1.28. The molecule has 6 heteroatoms. The van der Waals surface area contributed by atoms with Crippen LogP contribution in [0.2, 0.25) is 0 Å². The number of carbonyl (C=O) groups is 1. The van der Waals surface area contributed by atoms with Gasteiger partial charge in [0.05, 0.1) is 12.3 Å². The third-order valence-electron chi connectivity index (χ3n) is 6.85. The first kappa shape index (κ1) is 20.0.